The summed E-state index contributed by atoms with van der Waals surface area (Å²) in [5.41, 5.74) is 0. The second-order valence-electron chi connectivity index (χ2n) is 3.65. The van der Waals surface area contributed by atoms with Gasteiger partial charge in [0.05, 0.1) is 0 Å². The van der Waals surface area contributed by atoms with Crippen molar-refractivity contribution in [2.45, 2.75) is 33.3 Å². The Bertz CT molecular complexity index is 233. The van der Waals surface area contributed by atoms with E-state index < -0.39 is 12.1 Å². The van der Waals surface area contributed by atoms with Crippen LogP contribution in [-0.4, -0.2) is 24.6 Å². The van der Waals surface area contributed by atoms with Crippen LogP contribution in [0.25, 0.3) is 0 Å². The highest BCUT2D eigenvalue weighted by atomic mass is 16.6. The molecule has 1 atom stereocenters. The molecule has 0 fully saturated rings. The minimum atomic E-state index is -0.851. The third-order valence-corrected chi connectivity index (χ3v) is 1.56. The first-order valence-electron chi connectivity index (χ1n) is 4.94. The lowest BCUT2D eigenvalue weighted by Crippen LogP contribution is -2.26. The Morgan fingerprint density at radius 3 is 2.40 bits per heavy atom. The maximum atomic E-state index is 11.2. The fourth-order valence-electron chi connectivity index (χ4n) is 0.885. The summed E-state index contributed by atoms with van der Waals surface area (Å²) < 4.78 is 9.60. The summed E-state index contributed by atoms with van der Waals surface area (Å²) in [7, 11) is 0. The summed E-state index contributed by atoms with van der Waals surface area (Å²) in [4.78, 5) is 22.4. The minimum Gasteiger partial charge on any atom is -0.459 e. The van der Waals surface area contributed by atoms with Crippen LogP contribution < -0.4 is 0 Å². The van der Waals surface area contributed by atoms with Crippen molar-refractivity contribution in [3.63, 3.8) is 0 Å². The summed E-state index contributed by atoms with van der Waals surface area (Å²) in [5, 5.41) is 0. The number of carbonyl (C=O) groups excluding carboxylic acids is 2. The van der Waals surface area contributed by atoms with E-state index in [9.17, 15) is 9.59 Å². The van der Waals surface area contributed by atoms with Gasteiger partial charge in [0.1, 0.15) is 6.61 Å². The molecule has 15 heavy (non-hydrogen) atoms. The molecule has 0 rings (SSSR count). The summed E-state index contributed by atoms with van der Waals surface area (Å²) in [6, 6.07) is 0. The molecule has 0 aliphatic heterocycles. The SMILES string of the molecule is C=CCOC(=O)C(C)OC(=O)CC(C)C. The van der Waals surface area contributed by atoms with E-state index in [1.165, 1.54) is 13.0 Å². The normalized spacial score (nSPS) is 12.0. The van der Waals surface area contributed by atoms with E-state index in [4.69, 9.17) is 9.47 Å². The van der Waals surface area contributed by atoms with Crippen LogP contribution in [0, 0.1) is 5.92 Å². The van der Waals surface area contributed by atoms with Gasteiger partial charge in [-0.05, 0) is 12.8 Å². The summed E-state index contributed by atoms with van der Waals surface area (Å²) in [6.07, 6.45) is 0.913. The molecule has 0 saturated carbocycles. The van der Waals surface area contributed by atoms with Gasteiger partial charge in [0.15, 0.2) is 6.10 Å². The van der Waals surface area contributed by atoms with E-state index >= 15 is 0 Å². The van der Waals surface area contributed by atoms with Crippen LogP contribution in [0.2, 0.25) is 0 Å². The second kappa shape index (κ2) is 7.04. The summed E-state index contributed by atoms with van der Waals surface area (Å²) in [6.45, 7) is 8.84. The van der Waals surface area contributed by atoms with Gasteiger partial charge in [0.25, 0.3) is 0 Å². The molecule has 0 spiro atoms. The Morgan fingerprint density at radius 1 is 1.33 bits per heavy atom. The standard InChI is InChI=1S/C11H18O4/c1-5-6-14-11(13)9(4)15-10(12)7-8(2)3/h5,8-9H,1,6-7H2,2-4H3. The van der Waals surface area contributed by atoms with E-state index in [1.807, 2.05) is 13.8 Å². The topological polar surface area (TPSA) is 52.6 Å². The predicted octanol–water partition coefficient (Wildman–Crippen LogP) is 1.69. The number of hydrogen-bond acceptors (Lipinski definition) is 4. The van der Waals surface area contributed by atoms with Crippen molar-refractivity contribution in [2.24, 2.45) is 5.92 Å². The fraction of sp³-hybridized carbons (Fsp3) is 0.636. The van der Waals surface area contributed by atoms with Crippen molar-refractivity contribution >= 4 is 11.9 Å². The van der Waals surface area contributed by atoms with Gasteiger partial charge in [0.2, 0.25) is 0 Å². The molecule has 0 bridgehead atoms. The molecule has 0 heterocycles. The Hall–Kier alpha value is -1.32. The lowest BCUT2D eigenvalue weighted by atomic mass is 10.1. The third-order valence-electron chi connectivity index (χ3n) is 1.56. The fourth-order valence-corrected chi connectivity index (χ4v) is 0.885. The van der Waals surface area contributed by atoms with Crippen LogP contribution in [0.5, 0.6) is 0 Å². The molecule has 0 N–H and O–H groups in total. The molecule has 0 amide bonds. The van der Waals surface area contributed by atoms with Crippen molar-refractivity contribution in [3.05, 3.63) is 12.7 Å². The average Bonchev–Trinajstić information content (AvgIpc) is 2.12. The van der Waals surface area contributed by atoms with Gasteiger partial charge in [-0.3, -0.25) is 4.79 Å². The molecule has 1 unspecified atom stereocenters. The van der Waals surface area contributed by atoms with E-state index in [-0.39, 0.29) is 18.5 Å². The Kier molecular flexibility index (Phi) is 6.42. The van der Waals surface area contributed by atoms with E-state index in [0.29, 0.717) is 6.42 Å². The quantitative estimate of drug-likeness (QED) is 0.498. The van der Waals surface area contributed by atoms with Gasteiger partial charge in [-0.1, -0.05) is 26.5 Å². The summed E-state index contributed by atoms with van der Waals surface area (Å²) in [5.74, 6) is -0.714. The molecular formula is C11H18O4. The first kappa shape index (κ1) is 13.7. The van der Waals surface area contributed by atoms with Crippen LogP contribution in [0.1, 0.15) is 27.2 Å². The zero-order chi connectivity index (χ0) is 11.8. The van der Waals surface area contributed by atoms with Gasteiger partial charge in [-0.15, -0.1) is 0 Å². The number of carbonyl (C=O) groups is 2. The van der Waals surface area contributed by atoms with Crippen molar-refractivity contribution < 1.29 is 19.1 Å². The number of hydrogen-bond donors (Lipinski definition) is 0. The molecule has 4 nitrogen and oxygen atoms in total. The van der Waals surface area contributed by atoms with Crippen LogP contribution in [0.3, 0.4) is 0 Å². The highest BCUT2D eigenvalue weighted by molar-refractivity contribution is 5.79. The third kappa shape index (κ3) is 6.71. The second-order valence-corrected chi connectivity index (χ2v) is 3.65. The molecule has 0 aromatic rings. The Labute approximate surface area is 90.2 Å². The smallest absolute Gasteiger partial charge is 0.347 e. The molecule has 4 heteroatoms. The van der Waals surface area contributed by atoms with E-state index in [2.05, 4.69) is 6.58 Å². The molecule has 0 radical (unpaired) electrons. The molecular weight excluding hydrogens is 196 g/mol. The highest BCUT2D eigenvalue weighted by Gasteiger charge is 2.19. The van der Waals surface area contributed by atoms with Crippen LogP contribution in [0.4, 0.5) is 0 Å². The maximum absolute atomic E-state index is 11.2. The number of rotatable bonds is 6. The first-order valence-corrected chi connectivity index (χ1v) is 4.94. The van der Waals surface area contributed by atoms with Gasteiger partial charge >= 0.3 is 11.9 Å². The molecule has 0 aromatic heterocycles. The number of esters is 2. The molecule has 0 saturated heterocycles. The van der Waals surface area contributed by atoms with Crippen molar-refractivity contribution in [3.8, 4) is 0 Å². The zero-order valence-corrected chi connectivity index (χ0v) is 9.49. The van der Waals surface area contributed by atoms with Gasteiger partial charge in [-0.2, -0.15) is 0 Å². The van der Waals surface area contributed by atoms with E-state index in [1.54, 1.807) is 0 Å². The molecule has 86 valence electrons. The highest BCUT2D eigenvalue weighted by Crippen LogP contribution is 2.04. The Morgan fingerprint density at radius 2 is 1.93 bits per heavy atom. The Balaban J connectivity index is 3.90. The first-order chi connectivity index (χ1) is 6.97. The van der Waals surface area contributed by atoms with Crippen molar-refractivity contribution in [1.82, 2.24) is 0 Å². The zero-order valence-electron chi connectivity index (χ0n) is 9.49. The monoisotopic (exact) mass is 214 g/mol. The predicted molar refractivity (Wildman–Crippen MR) is 56.2 cm³/mol. The average molecular weight is 214 g/mol. The van der Waals surface area contributed by atoms with Crippen molar-refractivity contribution in [2.75, 3.05) is 6.61 Å². The van der Waals surface area contributed by atoms with Crippen LogP contribution >= 0.6 is 0 Å². The molecule has 0 aliphatic carbocycles. The lowest BCUT2D eigenvalue weighted by Gasteiger charge is -2.12. The van der Waals surface area contributed by atoms with Gasteiger partial charge in [0, 0.05) is 6.42 Å². The molecule has 0 aromatic carbocycles. The summed E-state index contributed by atoms with van der Waals surface area (Å²) >= 11 is 0. The number of ether oxygens (including phenoxy) is 2. The van der Waals surface area contributed by atoms with Crippen molar-refractivity contribution in [1.29, 1.82) is 0 Å². The van der Waals surface area contributed by atoms with E-state index in [0.717, 1.165) is 0 Å². The maximum Gasteiger partial charge on any atom is 0.347 e. The van der Waals surface area contributed by atoms with Crippen LogP contribution in [-0.2, 0) is 19.1 Å². The largest absolute Gasteiger partial charge is 0.459 e. The lowest BCUT2D eigenvalue weighted by molar-refractivity contribution is -0.166. The van der Waals surface area contributed by atoms with Gasteiger partial charge < -0.3 is 9.47 Å². The van der Waals surface area contributed by atoms with Gasteiger partial charge in [-0.25, -0.2) is 4.79 Å². The molecule has 0 aliphatic rings. The minimum absolute atomic E-state index is 0.130. The van der Waals surface area contributed by atoms with Crippen LogP contribution in [0.15, 0.2) is 12.7 Å².